The lowest BCUT2D eigenvalue weighted by Crippen LogP contribution is -2.45. The van der Waals surface area contributed by atoms with Crippen molar-refractivity contribution in [3.8, 4) is 6.07 Å². The van der Waals surface area contributed by atoms with Crippen LogP contribution in [0, 0.1) is 11.3 Å². The predicted octanol–water partition coefficient (Wildman–Crippen LogP) is 2.29. The monoisotopic (exact) mass is 281 g/mol. The molecule has 1 aliphatic heterocycles. The second-order valence-corrected chi connectivity index (χ2v) is 4.25. The molecule has 0 bridgehead atoms. The fourth-order valence-electron chi connectivity index (χ4n) is 1.85. The maximum Gasteiger partial charge on any atom is 0.409 e. The predicted molar refractivity (Wildman–Crippen MR) is 65.4 cm³/mol. The summed E-state index contributed by atoms with van der Waals surface area (Å²) in [6, 6.07) is 5.96. The van der Waals surface area contributed by atoms with E-state index in [0.717, 1.165) is 11.1 Å². The number of carbonyl (C=O) groups excluding carboxylic acids is 1. The number of hydrogen-bond donors (Lipinski definition) is 1. The lowest BCUT2D eigenvalue weighted by molar-refractivity contribution is -0.142. The number of nitrogens with one attached hydrogen (secondary N) is 1. The second-order valence-electron chi connectivity index (χ2n) is 4.25. The molecule has 20 heavy (non-hydrogen) atoms. The zero-order valence-corrected chi connectivity index (χ0v) is 10.4. The van der Waals surface area contributed by atoms with Crippen LogP contribution in [0.3, 0.4) is 0 Å². The number of rotatable bonds is 2. The summed E-state index contributed by atoms with van der Waals surface area (Å²) in [6.45, 7) is 1.19. The first-order chi connectivity index (χ1) is 9.32. The van der Waals surface area contributed by atoms with E-state index in [1.807, 2.05) is 6.07 Å². The lowest BCUT2D eigenvalue weighted by atomic mass is 10.2. The maximum absolute atomic E-state index is 12.7. The molecule has 1 unspecified atom stereocenters. The number of nitrogens with zero attached hydrogens (tertiary/aromatic N) is 2. The fraction of sp³-hybridized carbons (Fsp3) is 0.231. The summed E-state index contributed by atoms with van der Waals surface area (Å²) in [5.74, 6) is -0.494. The van der Waals surface area contributed by atoms with Crippen molar-refractivity contribution in [3.05, 3.63) is 41.6 Å². The molecule has 4 nitrogen and oxygen atoms in total. The number of Topliss-reactive ketones (excluding diaryl/α,β-unsaturated/α-hetero) is 1. The highest BCUT2D eigenvalue weighted by atomic mass is 19.4. The van der Waals surface area contributed by atoms with Crippen molar-refractivity contribution in [1.29, 1.82) is 5.26 Å². The number of benzene rings is 1. The molecular formula is C13H10F3N3O. The van der Waals surface area contributed by atoms with Gasteiger partial charge in [0.15, 0.2) is 5.78 Å². The molecule has 0 saturated heterocycles. The van der Waals surface area contributed by atoms with Crippen LogP contribution in [-0.4, -0.2) is 18.0 Å². The summed E-state index contributed by atoms with van der Waals surface area (Å²) < 4.78 is 38.2. The van der Waals surface area contributed by atoms with Gasteiger partial charge < -0.3 is 0 Å². The van der Waals surface area contributed by atoms with Gasteiger partial charge in [-0.05, 0) is 24.3 Å². The molecule has 1 heterocycles. The molecule has 1 aliphatic rings. The van der Waals surface area contributed by atoms with Gasteiger partial charge in [-0.25, -0.2) is 5.43 Å². The summed E-state index contributed by atoms with van der Waals surface area (Å²) >= 11 is 0. The Hall–Kier alpha value is -2.33. The standard InChI is InChI=1S/C13H10F3N3O/c1-8(20)11-6-12(13(14,15)16)18-19(11)10-4-2-3-9(5-10)7-17/h2-6,12,18H,1H3. The smallest absolute Gasteiger partial charge is 0.293 e. The van der Waals surface area contributed by atoms with Gasteiger partial charge in [0.05, 0.1) is 23.0 Å². The van der Waals surface area contributed by atoms with Crippen molar-refractivity contribution >= 4 is 11.5 Å². The number of alkyl halides is 3. The van der Waals surface area contributed by atoms with Crippen molar-refractivity contribution in [2.24, 2.45) is 0 Å². The van der Waals surface area contributed by atoms with Crippen molar-refractivity contribution in [2.75, 3.05) is 5.01 Å². The zero-order chi connectivity index (χ0) is 14.9. The Morgan fingerprint density at radius 3 is 2.70 bits per heavy atom. The number of ketones is 1. The van der Waals surface area contributed by atoms with Crippen LogP contribution < -0.4 is 10.4 Å². The molecule has 2 rings (SSSR count). The van der Waals surface area contributed by atoms with Gasteiger partial charge >= 0.3 is 6.18 Å². The fourth-order valence-corrected chi connectivity index (χ4v) is 1.85. The normalized spacial score (nSPS) is 18.6. The van der Waals surface area contributed by atoms with E-state index in [1.165, 1.54) is 31.2 Å². The SMILES string of the molecule is CC(=O)C1=CC(C(F)(F)F)NN1c1cccc(C#N)c1. The van der Waals surface area contributed by atoms with Crippen molar-refractivity contribution < 1.29 is 18.0 Å². The number of allylic oxidation sites excluding steroid dienone is 1. The second kappa shape index (κ2) is 4.98. The molecule has 0 radical (unpaired) electrons. The third-order valence-corrected chi connectivity index (χ3v) is 2.78. The number of nitriles is 1. The minimum absolute atomic E-state index is 0.0950. The highest BCUT2D eigenvalue weighted by molar-refractivity contribution is 5.97. The first-order valence-corrected chi connectivity index (χ1v) is 5.69. The molecular weight excluding hydrogens is 271 g/mol. The van der Waals surface area contributed by atoms with E-state index >= 15 is 0 Å². The Morgan fingerprint density at radius 2 is 2.15 bits per heavy atom. The summed E-state index contributed by atoms with van der Waals surface area (Å²) in [6.07, 6.45) is -3.66. The first kappa shape index (κ1) is 14.1. The van der Waals surface area contributed by atoms with E-state index in [2.05, 4.69) is 5.43 Å². The van der Waals surface area contributed by atoms with Crippen LogP contribution in [0.1, 0.15) is 12.5 Å². The van der Waals surface area contributed by atoms with Crippen molar-refractivity contribution in [1.82, 2.24) is 5.43 Å². The molecule has 0 fully saturated rings. The van der Waals surface area contributed by atoms with Crippen LogP contribution in [0.4, 0.5) is 18.9 Å². The molecule has 0 spiro atoms. The average Bonchev–Trinajstić information content (AvgIpc) is 2.84. The van der Waals surface area contributed by atoms with E-state index in [4.69, 9.17) is 5.26 Å². The van der Waals surface area contributed by atoms with Crippen LogP contribution in [0.5, 0.6) is 0 Å². The Kier molecular flexibility index (Phi) is 3.51. The molecule has 0 aliphatic carbocycles. The van der Waals surface area contributed by atoms with Gasteiger partial charge in [-0.15, -0.1) is 0 Å². The van der Waals surface area contributed by atoms with Crippen LogP contribution in [0.15, 0.2) is 36.0 Å². The van der Waals surface area contributed by atoms with Gasteiger partial charge in [0.1, 0.15) is 6.04 Å². The van der Waals surface area contributed by atoms with Gasteiger partial charge in [-0.2, -0.15) is 18.4 Å². The summed E-state index contributed by atoms with van der Waals surface area (Å²) in [5.41, 5.74) is 2.72. The van der Waals surface area contributed by atoms with Gasteiger partial charge in [0, 0.05) is 6.92 Å². The number of hydrogen-bond acceptors (Lipinski definition) is 4. The lowest BCUT2D eigenvalue weighted by Gasteiger charge is -2.23. The summed E-state index contributed by atoms with van der Waals surface area (Å²) in [4.78, 5) is 11.5. The quantitative estimate of drug-likeness (QED) is 0.903. The summed E-state index contributed by atoms with van der Waals surface area (Å²) in [5, 5.41) is 9.87. The zero-order valence-electron chi connectivity index (χ0n) is 10.4. The summed E-state index contributed by atoms with van der Waals surface area (Å²) in [7, 11) is 0. The van der Waals surface area contributed by atoms with Gasteiger partial charge in [-0.3, -0.25) is 9.80 Å². The Labute approximate surface area is 113 Å². The molecule has 1 N–H and O–H groups in total. The number of hydrazine groups is 1. The minimum Gasteiger partial charge on any atom is -0.293 e. The van der Waals surface area contributed by atoms with Gasteiger partial charge in [-0.1, -0.05) is 6.07 Å². The van der Waals surface area contributed by atoms with Gasteiger partial charge in [0.2, 0.25) is 0 Å². The number of anilines is 1. The molecule has 1 aromatic rings. The van der Waals surface area contributed by atoms with E-state index in [9.17, 15) is 18.0 Å². The molecule has 0 amide bonds. The van der Waals surface area contributed by atoms with Gasteiger partial charge in [0.25, 0.3) is 0 Å². The molecule has 0 aromatic heterocycles. The largest absolute Gasteiger partial charge is 0.409 e. The van der Waals surface area contributed by atoms with Crippen LogP contribution in [0.2, 0.25) is 0 Å². The number of carbonyl (C=O) groups is 1. The topological polar surface area (TPSA) is 56.1 Å². The van der Waals surface area contributed by atoms with Crippen molar-refractivity contribution in [2.45, 2.75) is 19.1 Å². The third-order valence-electron chi connectivity index (χ3n) is 2.78. The third kappa shape index (κ3) is 2.65. The van der Waals surface area contributed by atoms with Crippen molar-refractivity contribution in [3.63, 3.8) is 0 Å². The van der Waals surface area contributed by atoms with E-state index in [-0.39, 0.29) is 5.70 Å². The Morgan fingerprint density at radius 1 is 1.45 bits per heavy atom. The van der Waals surface area contributed by atoms with Crippen LogP contribution >= 0.6 is 0 Å². The molecule has 1 aromatic carbocycles. The first-order valence-electron chi connectivity index (χ1n) is 5.69. The minimum atomic E-state index is -4.50. The number of halogens is 3. The maximum atomic E-state index is 12.7. The molecule has 0 saturated carbocycles. The van der Waals surface area contributed by atoms with Crippen LogP contribution in [-0.2, 0) is 4.79 Å². The Balaban J connectivity index is 2.39. The molecule has 1 atom stereocenters. The molecule has 7 heteroatoms. The molecule has 104 valence electrons. The average molecular weight is 281 g/mol. The highest BCUT2D eigenvalue weighted by Crippen LogP contribution is 2.30. The highest BCUT2D eigenvalue weighted by Gasteiger charge is 2.44. The van der Waals surface area contributed by atoms with E-state index in [1.54, 1.807) is 0 Å². The van der Waals surface area contributed by atoms with E-state index < -0.39 is 18.0 Å². The Bertz CT molecular complexity index is 616. The van der Waals surface area contributed by atoms with E-state index in [0.29, 0.717) is 11.3 Å². The van der Waals surface area contributed by atoms with Crippen LogP contribution in [0.25, 0.3) is 0 Å².